The first kappa shape index (κ1) is 20.8. The highest BCUT2D eigenvalue weighted by atomic mass is 35.5. The third-order valence-corrected chi connectivity index (χ3v) is 5.61. The van der Waals surface area contributed by atoms with E-state index in [4.69, 9.17) is 11.6 Å². The van der Waals surface area contributed by atoms with Crippen LogP contribution >= 0.6 is 11.6 Å². The van der Waals surface area contributed by atoms with Crippen LogP contribution in [0.5, 0.6) is 0 Å². The Hall–Kier alpha value is -3.45. The van der Waals surface area contributed by atoms with Gasteiger partial charge in [-0.05, 0) is 36.6 Å². The number of aryl methyl sites for hydroxylation is 1. The molecule has 31 heavy (non-hydrogen) atoms. The minimum atomic E-state index is -0.143. The smallest absolute Gasteiger partial charge is 0.255 e. The Morgan fingerprint density at radius 2 is 1.71 bits per heavy atom. The summed E-state index contributed by atoms with van der Waals surface area (Å²) in [4.78, 5) is 17.0. The van der Waals surface area contributed by atoms with Crippen molar-refractivity contribution in [3.05, 3.63) is 99.8 Å². The molecule has 1 N–H and O–H groups in total. The van der Waals surface area contributed by atoms with Gasteiger partial charge < -0.3 is 5.32 Å². The zero-order valence-corrected chi connectivity index (χ0v) is 18.2. The van der Waals surface area contributed by atoms with E-state index in [1.165, 1.54) is 6.33 Å². The van der Waals surface area contributed by atoms with Crippen molar-refractivity contribution < 1.29 is 4.79 Å². The van der Waals surface area contributed by atoms with Crippen molar-refractivity contribution in [2.75, 3.05) is 0 Å². The van der Waals surface area contributed by atoms with Crippen LogP contribution < -0.4 is 5.32 Å². The number of nitrogens with one attached hydrogen (secondary N) is 1. The zero-order valence-electron chi connectivity index (χ0n) is 17.4. The summed E-state index contributed by atoms with van der Waals surface area (Å²) < 4.78 is 3.58. The summed E-state index contributed by atoms with van der Waals surface area (Å²) >= 11 is 6.29. The van der Waals surface area contributed by atoms with E-state index < -0.39 is 0 Å². The van der Waals surface area contributed by atoms with E-state index in [1.807, 2.05) is 67.1 Å². The van der Waals surface area contributed by atoms with Gasteiger partial charge in [-0.3, -0.25) is 9.48 Å². The number of nitrogens with zero attached hydrogens (tertiary/aromatic N) is 5. The summed E-state index contributed by atoms with van der Waals surface area (Å²) in [7, 11) is 0. The quantitative estimate of drug-likeness (QED) is 0.480. The van der Waals surface area contributed by atoms with Crippen LogP contribution in [0.15, 0.2) is 61.2 Å². The van der Waals surface area contributed by atoms with Gasteiger partial charge in [0.15, 0.2) is 0 Å². The fourth-order valence-corrected chi connectivity index (χ4v) is 3.80. The molecule has 0 aliphatic heterocycles. The highest BCUT2D eigenvalue weighted by molar-refractivity contribution is 6.31. The number of hydrogen-bond donors (Lipinski definition) is 1. The Balaban J connectivity index is 1.49. The summed E-state index contributed by atoms with van der Waals surface area (Å²) in [5.41, 5.74) is 5.18. The predicted molar refractivity (Wildman–Crippen MR) is 119 cm³/mol. The van der Waals surface area contributed by atoms with Crippen molar-refractivity contribution in [1.82, 2.24) is 29.9 Å². The van der Waals surface area contributed by atoms with Crippen molar-refractivity contribution in [2.24, 2.45) is 0 Å². The molecule has 0 fully saturated rings. The molecule has 0 atom stereocenters. The van der Waals surface area contributed by atoms with Gasteiger partial charge in [-0.1, -0.05) is 54.1 Å². The monoisotopic (exact) mass is 434 g/mol. The molecule has 158 valence electrons. The van der Waals surface area contributed by atoms with Crippen LogP contribution in [0, 0.1) is 13.8 Å². The lowest BCUT2D eigenvalue weighted by molar-refractivity contribution is 0.0949. The summed E-state index contributed by atoms with van der Waals surface area (Å²) in [5.74, 6) is -0.143. The average molecular weight is 435 g/mol. The van der Waals surface area contributed by atoms with E-state index in [1.54, 1.807) is 11.0 Å². The normalized spacial score (nSPS) is 10.9. The molecule has 7 nitrogen and oxygen atoms in total. The Morgan fingerprint density at radius 3 is 2.42 bits per heavy atom. The molecule has 0 unspecified atom stereocenters. The van der Waals surface area contributed by atoms with Gasteiger partial charge in [-0.15, -0.1) is 0 Å². The molecule has 0 saturated heterocycles. The van der Waals surface area contributed by atoms with Crippen molar-refractivity contribution in [3.63, 3.8) is 0 Å². The first-order chi connectivity index (χ1) is 15.0. The number of hydrogen-bond acceptors (Lipinski definition) is 4. The number of rotatable bonds is 7. The zero-order chi connectivity index (χ0) is 21.8. The molecule has 4 rings (SSSR count). The van der Waals surface area contributed by atoms with Gasteiger partial charge in [0.1, 0.15) is 12.7 Å². The summed E-state index contributed by atoms with van der Waals surface area (Å²) in [6.45, 7) is 5.28. The number of aromatic nitrogens is 5. The number of benzene rings is 2. The fourth-order valence-electron chi connectivity index (χ4n) is 3.60. The molecule has 0 radical (unpaired) electrons. The first-order valence-corrected chi connectivity index (χ1v) is 10.4. The molecular formula is C23H23ClN6O. The molecule has 0 saturated carbocycles. The molecule has 2 heterocycles. The van der Waals surface area contributed by atoms with Crippen LogP contribution in [0.2, 0.25) is 5.02 Å². The van der Waals surface area contributed by atoms with Crippen molar-refractivity contribution in [3.8, 4) is 0 Å². The Kier molecular flexibility index (Phi) is 6.13. The van der Waals surface area contributed by atoms with E-state index in [2.05, 4.69) is 20.5 Å². The lowest BCUT2D eigenvalue weighted by Gasteiger charge is -2.11. The maximum Gasteiger partial charge on any atom is 0.255 e. The molecule has 0 spiro atoms. The number of carbonyl (C=O) groups is 1. The highest BCUT2D eigenvalue weighted by Crippen LogP contribution is 2.20. The largest absolute Gasteiger partial charge is 0.348 e. The second kappa shape index (κ2) is 9.14. The molecule has 2 aromatic carbocycles. The van der Waals surface area contributed by atoms with Crippen molar-refractivity contribution in [1.29, 1.82) is 0 Å². The van der Waals surface area contributed by atoms with Gasteiger partial charge in [0.25, 0.3) is 5.91 Å². The number of halogens is 1. The molecule has 4 aromatic rings. The van der Waals surface area contributed by atoms with Gasteiger partial charge in [-0.25, -0.2) is 9.67 Å². The van der Waals surface area contributed by atoms with Crippen LogP contribution in [0.4, 0.5) is 0 Å². The molecule has 0 bridgehead atoms. The molecular weight excluding hydrogens is 412 g/mol. The van der Waals surface area contributed by atoms with E-state index in [-0.39, 0.29) is 5.91 Å². The SMILES string of the molecule is Cc1nn(Cc2ccccc2Cl)c(C)c1C(=O)NCc1ccccc1Cn1cncn1. The van der Waals surface area contributed by atoms with Gasteiger partial charge >= 0.3 is 0 Å². The maximum atomic E-state index is 13.0. The highest BCUT2D eigenvalue weighted by Gasteiger charge is 2.19. The van der Waals surface area contributed by atoms with Gasteiger partial charge in [0.05, 0.1) is 24.3 Å². The summed E-state index contributed by atoms with van der Waals surface area (Å²) in [6.07, 6.45) is 3.19. The second-order valence-electron chi connectivity index (χ2n) is 7.34. The maximum absolute atomic E-state index is 13.0. The number of amides is 1. The molecule has 8 heteroatoms. The van der Waals surface area contributed by atoms with E-state index in [0.717, 1.165) is 22.4 Å². The lowest BCUT2D eigenvalue weighted by atomic mass is 10.1. The third-order valence-electron chi connectivity index (χ3n) is 5.24. The molecule has 0 aliphatic carbocycles. The van der Waals surface area contributed by atoms with Crippen LogP contribution in [-0.4, -0.2) is 30.5 Å². The van der Waals surface area contributed by atoms with Crippen LogP contribution in [0.25, 0.3) is 0 Å². The second-order valence-corrected chi connectivity index (χ2v) is 7.75. The van der Waals surface area contributed by atoms with E-state index >= 15 is 0 Å². The van der Waals surface area contributed by atoms with Gasteiger partial charge in [0, 0.05) is 17.3 Å². The van der Waals surface area contributed by atoms with Gasteiger partial charge in [-0.2, -0.15) is 10.2 Å². The Labute approximate surface area is 185 Å². The predicted octanol–water partition coefficient (Wildman–Crippen LogP) is 3.77. The Bertz CT molecular complexity index is 1200. The summed E-state index contributed by atoms with van der Waals surface area (Å²) in [6, 6.07) is 15.6. The molecule has 2 aromatic heterocycles. The molecule has 0 aliphatic rings. The van der Waals surface area contributed by atoms with Crippen LogP contribution in [-0.2, 0) is 19.6 Å². The van der Waals surface area contributed by atoms with Crippen molar-refractivity contribution >= 4 is 17.5 Å². The topological polar surface area (TPSA) is 77.6 Å². The van der Waals surface area contributed by atoms with Crippen molar-refractivity contribution in [2.45, 2.75) is 33.5 Å². The van der Waals surface area contributed by atoms with E-state index in [9.17, 15) is 4.79 Å². The minimum absolute atomic E-state index is 0.143. The van der Waals surface area contributed by atoms with E-state index in [0.29, 0.717) is 35.9 Å². The Morgan fingerprint density at radius 1 is 1.00 bits per heavy atom. The minimum Gasteiger partial charge on any atom is -0.348 e. The van der Waals surface area contributed by atoms with Crippen LogP contribution in [0.3, 0.4) is 0 Å². The number of carbonyl (C=O) groups excluding carboxylic acids is 1. The first-order valence-electron chi connectivity index (χ1n) is 9.97. The fraction of sp³-hybridized carbons (Fsp3) is 0.217. The average Bonchev–Trinajstić information content (AvgIpc) is 3.36. The third kappa shape index (κ3) is 4.67. The van der Waals surface area contributed by atoms with Gasteiger partial charge in [0.2, 0.25) is 0 Å². The lowest BCUT2D eigenvalue weighted by Crippen LogP contribution is -2.25. The molecule has 1 amide bonds. The van der Waals surface area contributed by atoms with Crippen LogP contribution in [0.1, 0.15) is 38.4 Å². The summed E-state index contributed by atoms with van der Waals surface area (Å²) in [5, 5.41) is 12.5. The standard InChI is InChI=1S/C23H23ClN6O/c1-16-22(17(2)30(28-16)13-20-9-5-6-10-21(20)24)23(31)26-11-18-7-3-4-8-19(18)12-29-15-25-14-27-29/h3-10,14-15H,11-13H2,1-2H3,(H,26,31).